The Kier molecular flexibility index (Phi) is 5.91. The molecule has 0 aliphatic carbocycles. The molecule has 1 fully saturated rings. The summed E-state index contributed by atoms with van der Waals surface area (Å²) in [5.74, 6) is -1.72. The maximum absolute atomic E-state index is 14.0. The second-order valence-corrected chi connectivity index (χ2v) is 6.51. The van der Waals surface area contributed by atoms with Crippen LogP contribution in [0.2, 0.25) is 0 Å². The number of carboxylic acids is 1. The van der Waals surface area contributed by atoms with E-state index in [0.29, 0.717) is 16.7 Å². The predicted octanol–water partition coefficient (Wildman–Crippen LogP) is 2.94. The fourth-order valence-corrected chi connectivity index (χ4v) is 3.43. The van der Waals surface area contributed by atoms with E-state index in [1.54, 1.807) is 0 Å². The summed E-state index contributed by atoms with van der Waals surface area (Å²) < 4.78 is 19.5. The number of piperazine rings is 1. The SMILES string of the molecule is O=C(O)c1cc2cc(F)cc(N3CCN(Cc4ccccc4)CC3)c2o1.[LiH]. The predicted molar refractivity (Wildman–Crippen MR) is 104 cm³/mol. The average Bonchev–Trinajstić information content (AvgIpc) is 3.07. The number of furan rings is 1. The summed E-state index contributed by atoms with van der Waals surface area (Å²) in [6, 6.07) is 14.4. The van der Waals surface area contributed by atoms with E-state index >= 15 is 0 Å². The van der Waals surface area contributed by atoms with E-state index in [1.165, 1.54) is 23.8 Å². The molecule has 1 aliphatic rings. The summed E-state index contributed by atoms with van der Waals surface area (Å²) in [6.07, 6.45) is 0. The number of benzene rings is 2. The Balaban J connectivity index is 0.00000210. The van der Waals surface area contributed by atoms with Crippen LogP contribution in [0.5, 0.6) is 0 Å². The summed E-state index contributed by atoms with van der Waals surface area (Å²) >= 11 is 0. The summed E-state index contributed by atoms with van der Waals surface area (Å²) in [5, 5.41) is 9.60. The molecule has 0 bridgehead atoms. The first kappa shape index (κ1) is 19.5. The van der Waals surface area contributed by atoms with Gasteiger partial charge >= 0.3 is 24.8 Å². The number of rotatable bonds is 4. The van der Waals surface area contributed by atoms with Crippen LogP contribution in [-0.4, -0.2) is 61.0 Å². The van der Waals surface area contributed by atoms with Crippen molar-refractivity contribution in [3.8, 4) is 0 Å². The Morgan fingerprint density at radius 2 is 1.78 bits per heavy atom. The second kappa shape index (κ2) is 8.18. The van der Waals surface area contributed by atoms with Crippen LogP contribution in [0, 0.1) is 5.82 Å². The minimum atomic E-state index is -1.15. The normalized spacial score (nSPS) is 14.9. The third-order valence-electron chi connectivity index (χ3n) is 4.73. The van der Waals surface area contributed by atoms with E-state index in [2.05, 4.69) is 21.9 Å². The number of carboxylic acid groups (broad SMARTS) is 1. The number of aromatic carboxylic acids is 1. The van der Waals surface area contributed by atoms with Gasteiger partial charge in [0.05, 0.1) is 5.69 Å². The van der Waals surface area contributed by atoms with Crippen LogP contribution in [0.3, 0.4) is 0 Å². The molecule has 1 aromatic heterocycles. The van der Waals surface area contributed by atoms with Gasteiger partial charge in [0.2, 0.25) is 5.76 Å². The Bertz CT molecular complexity index is 937. The molecule has 1 aliphatic heterocycles. The quantitative estimate of drug-likeness (QED) is 0.724. The molecule has 136 valence electrons. The first-order chi connectivity index (χ1) is 12.6. The van der Waals surface area contributed by atoms with Gasteiger partial charge in [0, 0.05) is 44.2 Å². The Morgan fingerprint density at radius 3 is 2.44 bits per heavy atom. The maximum atomic E-state index is 14.0. The van der Waals surface area contributed by atoms with E-state index < -0.39 is 11.8 Å². The number of carbonyl (C=O) groups is 1. The summed E-state index contributed by atoms with van der Waals surface area (Å²) in [7, 11) is 0. The Labute approximate surface area is 168 Å². The second-order valence-electron chi connectivity index (χ2n) is 6.51. The van der Waals surface area contributed by atoms with Crippen LogP contribution in [0.1, 0.15) is 16.1 Å². The minimum absolute atomic E-state index is 0. The van der Waals surface area contributed by atoms with Crippen molar-refractivity contribution >= 4 is 41.5 Å². The third kappa shape index (κ3) is 4.19. The molecular weight excluding hydrogens is 342 g/mol. The molecule has 0 unspecified atom stereocenters. The number of hydrogen-bond donors (Lipinski definition) is 1. The molecule has 0 saturated carbocycles. The average molecular weight is 362 g/mol. The van der Waals surface area contributed by atoms with Gasteiger partial charge in [-0.05, 0) is 17.7 Å². The summed E-state index contributed by atoms with van der Waals surface area (Å²) in [6.45, 7) is 4.04. The molecule has 27 heavy (non-hydrogen) atoms. The van der Waals surface area contributed by atoms with Crippen molar-refractivity contribution in [1.82, 2.24) is 4.90 Å². The zero-order valence-electron chi connectivity index (χ0n) is 14.2. The molecule has 5 nitrogen and oxygen atoms in total. The zero-order valence-corrected chi connectivity index (χ0v) is 14.2. The zero-order chi connectivity index (χ0) is 18.1. The van der Waals surface area contributed by atoms with Crippen molar-refractivity contribution in [3.05, 3.63) is 65.7 Å². The van der Waals surface area contributed by atoms with Crippen molar-refractivity contribution in [2.45, 2.75) is 6.54 Å². The van der Waals surface area contributed by atoms with Crippen LogP contribution in [0.15, 0.2) is 52.9 Å². The standard InChI is InChI=1S/C20H19FN2O3.Li.H/c21-16-10-15-11-18(20(24)25)26-19(15)17(12-16)23-8-6-22(7-9-23)13-14-4-2-1-3-5-14;;/h1-5,10-12H,6-9,13H2,(H,24,25);;. The van der Waals surface area contributed by atoms with Gasteiger partial charge in [0.15, 0.2) is 5.58 Å². The van der Waals surface area contributed by atoms with Gasteiger partial charge < -0.3 is 14.4 Å². The summed E-state index contributed by atoms with van der Waals surface area (Å²) in [5.41, 5.74) is 2.32. The number of fused-ring (bicyclic) bond motifs is 1. The topological polar surface area (TPSA) is 56.9 Å². The van der Waals surface area contributed by atoms with Crippen LogP contribution in [0.25, 0.3) is 11.0 Å². The molecule has 2 heterocycles. The van der Waals surface area contributed by atoms with Gasteiger partial charge in [-0.15, -0.1) is 0 Å². The molecule has 0 radical (unpaired) electrons. The van der Waals surface area contributed by atoms with Crippen LogP contribution < -0.4 is 4.90 Å². The van der Waals surface area contributed by atoms with Gasteiger partial charge in [0.25, 0.3) is 0 Å². The van der Waals surface area contributed by atoms with Gasteiger partial charge in [-0.25, -0.2) is 9.18 Å². The fraction of sp³-hybridized carbons (Fsp3) is 0.250. The van der Waals surface area contributed by atoms with Crippen LogP contribution in [0.4, 0.5) is 10.1 Å². The number of halogens is 1. The van der Waals surface area contributed by atoms with E-state index in [1.807, 2.05) is 18.2 Å². The molecule has 0 spiro atoms. The molecule has 4 rings (SSSR count). The van der Waals surface area contributed by atoms with E-state index in [4.69, 9.17) is 9.52 Å². The van der Waals surface area contributed by atoms with Crippen molar-refractivity contribution in [3.63, 3.8) is 0 Å². The van der Waals surface area contributed by atoms with E-state index in [-0.39, 0.29) is 24.6 Å². The Morgan fingerprint density at radius 1 is 1.07 bits per heavy atom. The number of anilines is 1. The molecule has 3 aromatic rings. The van der Waals surface area contributed by atoms with Crippen LogP contribution in [-0.2, 0) is 6.54 Å². The molecular formula is C20H20FLiN2O3. The van der Waals surface area contributed by atoms with E-state index in [9.17, 15) is 9.18 Å². The van der Waals surface area contributed by atoms with Gasteiger partial charge in [0.1, 0.15) is 5.82 Å². The molecule has 7 heteroatoms. The van der Waals surface area contributed by atoms with Crippen molar-refractivity contribution in [1.29, 1.82) is 0 Å². The molecule has 2 aromatic carbocycles. The molecule has 0 amide bonds. The Hall–Kier alpha value is -2.26. The van der Waals surface area contributed by atoms with Crippen molar-refractivity contribution < 1.29 is 18.7 Å². The van der Waals surface area contributed by atoms with Gasteiger partial charge in [-0.1, -0.05) is 30.3 Å². The first-order valence-electron chi connectivity index (χ1n) is 8.58. The molecule has 0 atom stereocenters. The fourth-order valence-electron chi connectivity index (χ4n) is 3.43. The van der Waals surface area contributed by atoms with Crippen molar-refractivity contribution in [2.75, 3.05) is 31.1 Å². The van der Waals surface area contributed by atoms with E-state index in [0.717, 1.165) is 32.7 Å². The van der Waals surface area contributed by atoms with Crippen LogP contribution >= 0.6 is 0 Å². The number of hydrogen-bond acceptors (Lipinski definition) is 4. The molecule has 1 saturated heterocycles. The molecule has 1 N–H and O–H groups in total. The van der Waals surface area contributed by atoms with Crippen molar-refractivity contribution in [2.24, 2.45) is 0 Å². The number of nitrogens with zero attached hydrogens (tertiary/aromatic N) is 2. The van der Waals surface area contributed by atoms with Gasteiger partial charge in [-0.3, -0.25) is 4.90 Å². The first-order valence-corrected chi connectivity index (χ1v) is 8.58. The summed E-state index contributed by atoms with van der Waals surface area (Å²) in [4.78, 5) is 15.6. The van der Waals surface area contributed by atoms with Gasteiger partial charge in [-0.2, -0.15) is 0 Å². The monoisotopic (exact) mass is 362 g/mol. The third-order valence-corrected chi connectivity index (χ3v) is 4.73.